The van der Waals surface area contributed by atoms with Crippen LogP contribution in [-0.4, -0.2) is 43.4 Å². The summed E-state index contributed by atoms with van der Waals surface area (Å²) in [5, 5.41) is 3.49. The fourth-order valence-corrected chi connectivity index (χ4v) is 5.70. The van der Waals surface area contributed by atoms with E-state index in [0.29, 0.717) is 18.1 Å². The van der Waals surface area contributed by atoms with Crippen LogP contribution in [0.5, 0.6) is 0 Å². The van der Waals surface area contributed by atoms with Crippen LogP contribution in [0.15, 0.2) is 23.1 Å². The Morgan fingerprint density at radius 2 is 2.24 bits per heavy atom. The Morgan fingerprint density at radius 1 is 1.48 bits per heavy atom. The molecule has 1 N–H and O–H groups in total. The van der Waals surface area contributed by atoms with Crippen LogP contribution >= 0.6 is 23.4 Å². The van der Waals surface area contributed by atoms with Gasteiger partial charge in [-0.15, -0.1) is 0 Å². The van der Waals surface area contributed by atoms with Gasteiger partial charge in [-0.2, -0.15) is 16.1 Å². The van der Waals surface area contributed by atoms with Gasteiger partial charge in [-0.1, -0.05) is 24.6 Å². The van der Waals surface area contributed by atoms with Crippen molar-refractivity contribution in [3.05, 3.63) is 28.8 Å². The van der Waals surface area contributed by atoms with Crippen LogP contribution in [0.25, 0.3) is 0 Å². The molecule has 1 unspecified atom stereocenters. The molecule has 1 fully saturated rings. The molecular formula is C14H21ClN2O2S2. The van der Waals surface area contributed by atoms with Crippen LogP contribution in [0.1, 0.15) is 19.4 Å². The molecule has 1 aromatic rings. The third kappa shape index (κ3) is 3.93. The summed E-state index contributed by atoms with van der Waals surface area (Å²) in [6, 6.07) is 5.22. The maximum absolute atomic E-state index is 12.9. The molecule has 0 bridgehead atoms. The predicted molar refractivity (Wildman–Crippen MR) is 89.5 cm³/mol. The van der Waals surface area contributed by atoms with Crippen molar-refractivity contribution in [1.29, 1.82) is 0 Å². The Balaban J connectivity index is 2.34. The predicted octanol–water partition coefficient (Wildman–Crippen LogP) is 2.58. The van der Waals surface area contributed by atoms with Crippen molar-refractivity contribution >= 4 is 33.4 Å². The summed E-state index contributed by atoms with van der Waals surface area (Å²) in [5.74, 6) is 1.66. The van der Waals surface area contributed by atoms with E-state index >= 15 is 0 Å². The number of rotatable bonds is 5. The maximum Gasteiger partial charge on any atom is 0.244 e. The molecule has 0 saturated carbocycles. The van der Waals surface area contributed by atoms with Gasteiger partial charge in [0.1, 0.15) is 4.90 Å². The van der Waals surface area contributed by atoms with Crippen LogP contribution in [0.3, 0.4) is 0 Å². The van der Waals surface area contributed by atoms with Gasteiger partial charge in [0.25, 0.3) is 0 Å². The largest absolute Gasteiger partial charge is 0.313 e. The average Bonchev–Trinajstić information content (AvgIpc) is 2.46. The van der Waals surface area contributed by atoms with E-state index in [4.69, 9.17) is 11.6 Å². The minimum absolute atomic E-state index is 0.00207. The molecule has 1 atom stereocenters. The van der Waals surface area contributed by atoms with Crippen LogP contribution < -0.4 is 5.32 Å². The maximum atomic E-state index is 12.9. The van der Waals surface area contributed by atoms with E-state index in [2.05, 4.69) is 5.32 Å². The third-order valence-electron chi connectivity index (χ3n) is 3.47. The Labute approximate surface area is 136 Å². The molecule has 118 valence electrons. The SMILES string of the molecule is CCNCc1ccc(Cl)c(S(=O)(=O)N2CCSCC2C)c1. The smallest absolute Gasteiger partial charge is 0.244 e. The Bertz CT molecular complexity index is 593. The third-order valence-corrected chi connectivity index (χ3v) is 7.15. The zero-order chi connectivity index (χ0) is 15.5. The lowest BCUT2D eigenvalue weighted by molar-refractivity contribution is 0.367. The molecule has 1 saturated heterocycles. The van der Waals surface area contributed by atoms with Gasteiger partial charge in [0, 0.05) is 30.6 Å². The Morgan fingerprint density at radius 3 is 2.90 bits per heavy atom. The van der Waals surface area contributed by atoms with Gasteiger partial charge in [0.2, 0.25) is 10.0 Å². The summed E-state index contributed by atoms with van der Waals surface area (Å²) in [4.78, 5) is 0.221. The monoisotopic (exact) mass is 348 g/mol. The fourth-order valence-electron chi connectivity index (χ4n) is 2.32. The van der Waals surface area contributed by atoms with Crippen molar-refractivity contribution in [2.75, 3.05) is 24.6 Å². The first kappa shape index (κ1) is 17.1. The van der Waals surface area contributed by atoms with Gasteiger partial charge in [0.15, 0.2) is 0 Å². The summed E-state index contributed by atoms with van der Waals surface area (Å²) in [7, 11) is -3.53. The summed E-state index contributed by atoms with van der Waals surface area (Å²) < 4.78 is 27.3. The zero-order valence-corrected chi connectivity index (χ0v) is 14.7. The number of hydrogen-bond acceptors (Lipinski definition) is 4. The van der Waals surface area contributed by atoms with Crippen LogP contribution in [-0.2, 0) is 16.6 Å². The molecule has 1 aromatic carbocycles. The molecule has 0 aliphatic carbocycles. The van der Waals surface area contributed by atoms with E-state index in [-0.39, 0.29) is 10.9 Å². The van der Waals surface area contributed by atoms with Gasteiger partial charge in [-0.3, -0.25) is 0 Å². The molecule has 2 rings (SSSR count). The number of nitrogens with zero attached hydrogens (tertiary/aromatic N) is 1. The van der Waals surface area contributed by atoms with E-state index in [1.165, 1.54) is 0 Å². The second-order valence-corrected chi connectivity index (χ2v) is 8.50. The van der Waals surface area contributed by atoms with Crippen molar-refractivity contribution in [2.24, 2.45) is 0 Å². The molecule has 1 heterocycles. The summed E-state index contributed by atoms with van der Waals surface area (Å²) >= 11 is 7.94. The minimum atomic E-state index is -3.53. The molecule has 4 nitrogen and oxygen atoms in total. The van der Waals surface area contributed by atoms with Crippen molar-refractivity contribution in [3.63, 3.8) is 0 Å². The topological polar surface area (TPSA) is 49.4 Å². The first-order chi connectivity index (χ1) is 9.96. The number of nitrogens with one attached hydrogen (secondary N) is 1. The number of sulfonamides is 1. The van der Waals surface area contributed by atoms with Gasteiger partial charge in [-0.05, 0) is 31.2 Å². The Kier molecular flexibility index (Phi) is 5.96. The van der Waals surface area contributed by atoms with E-state index in [9.17, 15) is 8.42 Å². The highest BCUT2D eigenvalue weighted by Crippen LogP contribution is 2.29. The number of halogens is 1. The molecule has 0 spiro atoms. The highest BCUT2D eigenvalue weighted by Gasteiger charge is 2.32. The second kappa shape index (κ2) is 7.33. The Hall–Kier alpha value is -0.270. The van der Waals surface area contributed by atoms with Gasteiger partial charge in [-0.25, -0.2) is 8.42 Å². The van der Waals surface area contributed by atoms with E-state index in [1.54, 1.807) is 28.2 Å². The summed E-state index contributed by atoms with van der Waals surface area (Å²) in [5.41, 5.74) is 0.930. The molecule has 1 aliphatic rings. The molecule has 0 amide bonds. The highest BCUT2D eigenvalue weighted by atomic mass is 35.5. The summed E-state index contributed by atoms with van der Waals surface area (Å²) in [6.07, 6.45) is 0. The van der Waals surface area contributed by atoms with Crippen molar-refractivity contribution in [1.82, 2.24) is 9.62 Å². The standard InChI is InChI=1S/C14H21ClN2O2S2/c1-3-16-9-12-4-5-13(15)14(8-12)21(18,19)17-6-7-20-10-11(17)2/h4-5,8,11,16H,3,6-7,9-10H2,1-2H3. The van der Waals surface area contributed by atoms with E-state index < -0.39 is 10.0 Å². The molecule has 0 aromatic heterocycles. The van der Waals surface area contributed by atoms with Gasteiger partial charge < -0.3 is 5.32 Å². The average molecular weight is 349 g/mol. The molecule has 1 aliphatic heterocycles. The zero-order valence-electron chi connectivity index (χ0n) is 12.3. The van der Waals surface area contributed by atoms with E-state index in [1.807, 2.05) is 19.9 Å². The normalized spacial score (nSPS) is 20.6. The quantitative estimate of drug-likeness (QED) is 0.888. The summed E-state index contributed by atoms with van der Waals surface area (Å²) in [6.45, 7) is 5.98. The van der Waals surface area contributed by atoms with Crippen LogP contribution in [0.2, 0.25) is 5.02 Å². The van der Waals surface area contributed by atoms with E-state index in [0.717, 1.165) is 23.6 Å². The van der Waals surface area contributed by atoms with Crippen LogP contribution in [0.4, 0.5) is 0 Å². The first-order valence-corrected chi connectivity index (χ1v) is 10.0. The lowest BCUT2D eigenvalue weighted by Gasteiger charge is -2.32. The first-order valence-electron chi connectivity index (χ1n) is 7.05. The molecule has 7 heteroatoms. The van der Waals surface area contributed by atoms with Gasteiger partial charge in [0.05, 0.1) is 5.02 Å². The molecule has 21 heavy (non-hydrogen) atoms. The lowest BCUT2D eigenvalue weighted by atomic mass is 10.2. The number of thioether (sulfide) groups is 1. The fraction of sp³-hybridized carbons (Fsp3) is 0.571. The van der Waals surface area contributed by atoms with Crippen molar-refractivity contribution < 1.29 is 8.42 Å². The van der Waals surface area contributed by atoms with Crippen LogP contribution in [0, 0.1) is 0 Å². The highest BCUT2D eigenvalue weighted by molar-refractivity contribution is 7.99. The minimum Gasteiger partial charge on any atom is -0.313 e. The second-order valence-electron chi connectivity index (χ2n) is 5.08. The van der Waals surface area contributed by atoms with Crippen molar-refractivity contribution in [2.45, 2.75) is 31.3 Å². The van der Waals surface area contributed by atoms with Crippen molar-refractivity contribution in [3.8, 4) is 0 Å². The lowest BCUT2D eigenvalue weighted by Crippen LogP contribution is -2.44. The number of benzene rings is 1. The van der Waals surface area contributed by atoms with Gasteiger partial charge >= 0.3 is 0 Å². The number of hydrogen-bond donors (Lipinski definition) is 1. The molecular weight excluding hydrogens is 328 g/mol. The molecule has 0 radical (unpaired) electrons.